The molecule has 2 aromatic heterocycles. The maximum absolute atomic E-state index is 12.7. The predicted molar refractivity (Wildman–Crippen MR) is 93.4 cm³/mol. The smallest absolute Gasteiger partial charge is 0.272 e. The van der Waals surface area contributed by atoms with E-state index in [0.717, 1.165) is 0 Å². The third kappa shape index (κ3) is 3.24. The monoisotopic (exact) mass is 412 g/mol. The third-order valence-electron chi connectivity index (χ3n) is 3.92. The van der Waals surface area contributed by atoms with E-state index in [-0.39, 0.29) is 16.8 Å². The molecule has 1 aliphatic heterocycles. The van der Waals surface area contributed by atoms with Crippen LogP contribution in [0.2, 0.25) is 0 Å². The molecule has 3 rings (SSSR count). The molecule has 7 nitrogen and oxygen atoms in total. The minimum absolute atomic E-state index is 0.167. The van der Waals surface area contributed by atoms with E-state index in [4.69, 9.17) is 0 Å². The average molecular weight is 413 g/mol. The maximum Gasteiger partial charge on any atom is 0.272 e. The number of fused-ring (bicyclic) bond motifs is 1. The summed E-state index contributed by atoms with van der Waals surface area (Å²) in [4.78, 5) is 16.9. The van der Waals surface area contributed by atoms with Crippen molar-refractivity contribution in [3.8, 4) is 0 Å². The van der Waals surface area contributed by atoms with Crippen LogP contribution >= 0.6 is 15.9 Å². The van der Waals surface area contributed by atoms with Crippen molar-refractivity contribution in [1.29, 1.82) is 0 Å². The van der Waals surface area contributed by atoms with Gasteiger partial charge >= 0.3 is 0 Å². The van der Waals surface area contributed by atoms with Gasteiger partial charge in [0.2, 0.25) is 10.0 Å². The van der Waals surface area contributed by atoms with Crippen molar-refractivity contribution in [2.45, 2.75) is 30.7 Å². The average Bonchev–Trinajstić information content (AvgIpc) is 2.77. The van der Waals surface area contributed by atoms with Gasteiger partial charge in [-0.2, -0.15) is 0 Å². The minimum Gasteiger partial charge on any atom is -0.345 e. The topological polar surface area (TPSA) is 93.1 Å². The lowest BCUT2D eigenvalue weighted by atomic mass is 10.1. The standard InChI is InChI=1S/C15H17BrN4O3S/c1-9-3-4-11-12(24(22,23)19-9)8-20(2)14(11)15(21)18-10-5-6-17-13(16)7-10/h5-9,19H,3-4H2,1-2H3,(H,17,18,21)/t9-/m0/s1. The second-order valence-electron chi connectivity index (χ2n) is 5.81. The summed E-state index contributed by atoms with van der Waals surface area (Å²) in [6.45, 7) is 1.82. The Morgan fingerprint density at radius 3 is 2.96 bits per heavy atom. The van der Waals surface area contributed by atoms with Gasteiger partial charge in [0.1, 0.15) is 15.2 Å². The largest absolute Gasteiger partial charge is 0.345 e. The van der Waals surface area contributed by atoms with Gasteiger partial charge in [0.15, 0.2) is 0 Å². The van der Waals surface area contributed by atoms with Gasteiger partial charge in [-0.15, -0.1) is 0 Å². The van der Waals surface area contributed by atoms with Gasteiger partial charge in [-0.25, -0.2) is 18.1 Å². The van der Waals surface area contributed by atoms with Crippen molar-refractivity contribution in [3.63, 3.8) is 0 Å². The van der Waals surface area contributed by atoms with Crippen molar-refractivity contribution in [1.82, 2.24) is 14.3 Å². The Balaban J connectivity index is 2.00. The summed E-state index contributed by atoms with van der Waals surface area (Å²) in [7, 11) is -1.94. The van der Waals surface area contributed by atoms with Crippen LogP contribution in [0, 0.1) is 0 Å². The highest BCUT2D eigenvalue weighted by molar-refractivity contribution is 9.10. The van der Waals surface area contributed by atoms with Crippen LogP contribution in [0.5, 0.6) is 0 Å². The fraction of sp³-hybridized carbons (Fsp3) is 0.333. The highest BCUT2D eigenvalue weighted by Crippen LogP contribution is 2.27. The lowest BCUT2D eigenvalue weighted by Crippen LogP contribution is -2.30. The van der Waals surface area contributed by atoms with Crippen LogP contribution in [0.25, 0.3) is 0 Å². The minimum atomic E-state index is -3.61. The number of hydrogen-bond acceptors (Lipinski definition) is 4. The molecule has 2 N–H and O–H groups in total. The first-order valence-corrected chi connectivity index (χ1v) is 9.69. The highest BCUT2D eigenvalue weighted by atomic mass is 79.9. The SMILES string of the molecule is C[C@H]1CCc2c(cn(C)c2C(=O)Nc2ccnc(Br)c2)S(=O)(=O)N1. The number of carbonyl (C=O) groups excluding carboxylic acids is 1. The quantitative estimate of drug-likeness (QED) is 0.738. The number of aromatic nitrogens is 2. The number of sulfonamides is 1. The van der Waals surface area contributed by atoms with E-state index >= 15 is 0 Å². The summed E-state index contributed by atoms with van der Waals surface area (Å²) in [5.74, 6) is -0.346. The number of rotatable bonds is 2. The van der Waals surface area contributed by atoms with Crippen molar-refractivity contribution in [3.05, 3.63) is 40.4 Å². The first-order valence-electron chi connectivity index (χ1n) is 7.41. The molecule has 24 heavy (non-hydrogen) atoms. The lowest BCUT2D eigenvalue weighted by molar-refractivity contribution is 0.101. The van der Waals surface area contributed by atoms with Gasteiger partial charge in [0, 0.05) is 36.7 Å². The molecule has 0 radical (unpaired) electrons. The molecule has 0 spiro atoms. The first kappa shape index (κ1) is 17.1. The Hall–Kier alpha value is -1.71. The van der Waals surface area contributed by atoms with E-state index < -0.39 is 10.0 Å². The number of amides is 1. The molecule has 128 valence electrons. The number of nitrogens with zero attached hydrogens (tertiary/aromatic N) is 2. The van der Waals surface area contributed by atoms with Crippen molar-refractivity contribution in [2.24, 2.45) is 7.05 Å². The van der Waals surface area contributed by atoms with Crippen LogP contribution in [-0.4, -0.2) is 29.9 Å². The predicted octanol–water partition coefficient (Wildman–Crippen LogP) is 2.05. The third-order valence-corrected chi connectivity index (χ3v) is 6.00. The number of anilines is 1. The van der Waals surface area contributed by atoms with Crippen LogP contribution in [0.15, 0.2) is 34.0 Å². The van der Waals surface area contributed by atoms with E-state index in [1.165, 1.54) is 6.20 Å². The van der Waals surface area contributed by atoms with E-state index in [0.29, 0.717) is 34.4 Å². The number of carbonyl (C=O) groups is 1. The molecular weight excluding hydrogens is 396 g/mol. The fourth-order valence-corrected chi connectivity index (χ4v) is 4.80. The van der Waals surface area contributed by atoms with Crippen LogP contribution in [-0.2, 0) is 23.5 Å². The molecule has 1 atom stereocenters. The second-order valence-corrected chi connectivity index (χ2v) is 8.31. The number of hydrogen-bond donors (Lipinski definition) is 2. The molecule has 1 amide bonds. The molecule has 0 saturated heterocycles. The Kier molecular flexibility index (Phi) is 4.50. The molecule has 0 bridgehead atoms. The van der Waals surface area contributed by atoms with Gasteiger partial charge in [0.25, 0.3) is 5.91 Å². The zero-order valence-corrected chi connectivity index (χ0v) is 15.6. The Labute approximate surface area is 148 Å². The van der Waals surface area contributed by atoms with Crippen molar-refractivity contribution in [2.75, 3.05) is 5.32 Å². The molecule has 0 unspecified atom stereocenters. The van der Waals surface area contributed by atoms with E-state index in [1.807, 2.05) is 6.92 Å². The summed E-state index contributed by atoms with van der Waals surface area (Å²) < 4.78 is 29.6. The first-order chi connectivity index (χ1) is 11.3. The summed E-state index contributed by atoms with van der Waals surface area (Å²) in [6.07, 6.45) is 4.22. The Morgan fingerprint density at radius 1 is 1.50 bits per heavy atom. The van der Waals surface area contributed by atoms with Gasteiger partial charge in [-0.05, 0) is 47.8 Å². The van der Waals surface area contributed by atoms with Crippen LogP contribution in [0.4, 0.5) is 5.69 Å². The molecule has 0 saturated carbocycles. The number of halogens is 1. The van der Waals surface area contributed by atoms with Gasteiger partial charge in [-0.1, -0.05) is 0 Å². The van der Waals surface area contributed by atoms with Crippen LogP contribution in [0.3, 0.4) is 0 Å². The van der Waals surface area contributed by atoms with E-state index in [9.17, 15) is 13.2 Å². The molecule has 3 heterocycles. The van der Waals surface area contributed by atoms with Gasteiger partial charge in [0.05, 0.1) is 0 Å². The van der Waals surface area contributed by atoms with Crippen molar-refractivity contribution < 1.29 is 13.2 Å². The molecular formula is C15H17BrN4O3S. The zero-order chi connectivity index (χ0) is 17.5. The summed E-state index contributed by atoms with van der Waals surface area (Å²) >= 11 is 3.25. The van der Waals surface area contributed by atoms with E-state index in [2.05, 4.69) is 31.0 Å². The molecule has 0 aromatic carbocycles. The molecule has 9 heteroatoms. The Bertz CT molecular complexity index is 907. The number of nitrogens with one attached hydrogen (secondary N) is 2. The molecule has 0 aliphatic carbocycles. The number of aryl methyl sites for hydroxylation is 1. The van der Waals surface area contributed by atoms with Gasteiger partial charge in [-0.3, -0.25) is 4.79 Å². The maximum atomic E-state index is 12.7. The zero-order valence-electron chi connectivity index (χ0n) is 13.2. The molecule has 1 aliphatic rings. The normalized spacial score (nSPS) is 19.4. The van der Waals surface area contributed by atoms with E-state index in [1.54, 1.807) is 29.9 Å². The summed E-state index contributed by atoms with van der Waals surface area (Å²) in [5.41, 5.74) is 1.50. The highest BCUT2D eigenvalue weighted by Gasteiger charge is 2.31. The van der Waals surface area contributed by atoms with Crippen LogP contribution < -0.4 is 10.0 Å². The van der Waals surface area contributed by atoms with Crippen molar-refractivity contribution >= 4 is 37.5 Å². The molecule has 2 aromatic rings. The summed E-state index contributed by atoms with van der Waals surface area (Å²) in [6, 6.07) is 3.18. The Morgan fingerprint density at radius 2 is 2.25 bits per heavy atom. The molecule has 0 fully saturated rings. The fourth-order valence-electron chi connectivity index (χ4n) is 2.84. The van der Waals surface area contributed by atoms with Crippen LogP contribution in [0.1, 0.15) is 29.4 Å². The van der Waals surface area contributed by atoms with Gasteiger partial charge < -0.3 is 9.88 Å². The second kappa shape index (κ2) is 6.30. The lowest BCUT2D eigenvalue weighted by Gasteiger charge is -2.10. The summed E-state index contributed by atoms with van der Waals surface area (Å²) in [5, 5.41) is 2.79. The number of pyridine rings is 1.